The highest BCUT2D eigenvalue weighted by Gasteiger charge is 2.23. The zero-order chi connectivity index (χ0) is 25.6. The summed E-state index contributed by atoms with van der Waals surface area (Å²) in [5, 5.41) is 0. The second-order valence-corrected chi connectivity index (χ2v) is 11.0. The van der Waals surface area contributed by atoms with Gasteiger partial charge in [-0.05, 0) is 43.5 Å². The smallest absolute Gasteiger partial charge is 0.279 e. The quantitative estimate of drug-likeness (QED) is 0.367. The van der Waals surface area contributed by atoms with E-state index in [0.717, 1.165) is 29.5 Å². The van der Waals surface area contributed by atoms with Crippen molar-refractivity contribution in [3.63, 3.8) is 0 Å². The first-order chi connectivity index (χ1) is 16.8. The number of aryl methyl sites for hydroxylation is 1. The Bertz CT molecular complexity index is 1340. The van der Waals surface area contributed by atoms with E-state index in [1.165, 1.54) is 39.9 Å². The average Bonchev–Trinajstić information content (AvgIpc) is 3.18. The zero-order valence-corrected chi connectivity index (χ0v) is 22.5. The number of nitrogens with zero attached hydrogens (tertiary/aromatic N) is 3. The van der Waals surface area contributed by atoms with Crippen LogP contribution in [0.25, 0.3) is 10.2 Å². The molecule has 0 spiro atoms. The predicted molar refractivity (Wildman–Crippen MR) is 139 cm³/mol. The van der Waals surface area contributed by atoms with E-state index in [-0.39, 0.29) is 4.90 Å². The molecule has 0 bridgehead atoms. The molecule has 0 atom stereocenters. The molecule has 35 heavy (non-hydrogen) atoms. The summed E-state index contributed by atoms with van der Waals surface area (Å²) in [6, 6.07) is 9.79. The minimum atomic E-state index is -3.61. The number of methoxy groups -OCH3 is 2. The molecule has 0 aliphatic heterocycles. The molecule has 10 heteroatoms. The van der Waals surface area contributed by atoms with Gasteiger partial charge < -0.3 is 14.0 Å². The van der Waals surface area contributed by atoms with E-state index in [1.807, 2.05) is 30.5 Å². The lowest BCUT2D eigenvalue weighted by atomic mass is 10.2. The molecule has 190 valence electrons. The van der Waals surface area contributed by atoms with Gasteiger partial charge in [-0.25, -0.2) is 8.42 Å². The van der Waals surface area contributed by atoms with E-state index in [1.54, 1.807) is 14.2 Å². The number of fused-ring (bicyclic) bond motifs is 1. The maximum Gasteiger partial charge on any atom is 0.279 e. The molecule has 1 amide bonds. The van der Waals surface area contributed by atoms with Crippen molar-refractivity contribution in [2.75, 3.05) is 27.3 Å². The van der Waals surface area contributed by atoms with Gasteiger partial charge in [-0.3, -0.25) is 4.79 Å². The second kappa shape index (κ2) is 11.8. The van der Waals surface area contributed by atoms with Crippen molar-refractivity contribution < 1.29 is 22.7 Å². The molecule has 0 fully saturated rings. The first-order valence-electron chi connectivity index (χ1n) is 11.7. The molecule has 0 saturated carbocycles. The molecule has 0 radical (unpaired) electrons. The van der Waals surface area contributed by atoms with Crippen LogP contribution >= 0.6 is 11.3 Å². The molecule has 8 nitrogen and oxygen atoms in total. The van der Waals surface area contributed by atoms with Crippen molar-refractivity contribution in [3.05, 3.63) is 46.8 Å². The Morgan fingerprint density at radius 2 is 1.57 bits per heavy atom. The average molecular weight is 520 g/mol. The fraction of sp³-hybridized carbons (Fsp3) is 0.440. The minimum Gasteiger partial charge on any atom is -0.493 e. The fourth-order valence-corrected chi connectivity index (χ4v) is 6.53. The van der Waals surface area contributed by atoms with Crippen LogP contribution < -0.4 is 14.3 Å². The Hall–Kier alpha value is -2.69. The Labute approximate surface area is 210 Å². The SMILES string of the molecule is CCCN(CCC)S(=O)(=O)c1ccc(C(=O)N=c2sc3cc(OC)c(OC)cc3n2CCC)cc1. The Morgan fingerprint density at radius 3 is 2.11 bits per heavy atom. The van der Waals surface area contributed by atoms with Crippen molar-refractivity contribution in [1.29, 1.82) is 0 Å². The Kier molecular flexibility index (Phi) is 9.09. The maximum atomic E-state index is 13.0. The van der Waals surface area contributed by atoms with Gasteiger partial charge in [0.25, 0.3) is 5.91 Å². The van der Waals surface area contributed by atoms with Crippen LogP contribution in [0.2, 0.25) is 0 Å². The number of carbonyl (C=O) groups excluding carboxylic acids is 1. The molecule has 1 aromatic heterocycles. The summed E-state index contributed by atoms with van der Waals surface area (Å²) >= 11 is 1.40. The highest BCUT2D eigenvalue weighted by Crippen LogP contribution is 2.33. The van der Waals surface area contributed by atoms with Crippen LogP contribution in [-0.4, -0.2) is 50.5 Å². The summed E-state index contributed by atoms with van der Waals surface area (Å²) in [6.07, 6.45) is 2.33. The van der Waals surface area contributed by atoms with Gasteiger partial charge in [0.05, 0.1) is 29.3 Å². The minimum absolute atomic E-state index is 0.179. The zero-order valence-electron chi connectivity index (χ0n) is 20.9. The van der Waals surface area contributed by atoms with Crippen LogP contribution in [0, 0.1) is 0 Å². The van der Waals surface area contributed by atoms with Crippen molar-refractivity contribution in [1.82, 2.24) is 8.87 Å². The fourth-order valence-electron chi connectivity index (χ4n) is 3.84. The van der Waals surface area contributed by atoms with Crippen molar-refractivity contribution >= 4 is 37.5 Å². The van der Waals surface area contributed by atoms with Crippen LogP contribution in [0.3, 0.4) is 0 Å². The Balaban J connectivity index is 1.99. The lowest BCUT2D eigenvalue weighted by Gasteiger charge is -2.21. The number of aromatic nitrogens is 1. The van der Waals surface area contributed by atoms with E-state index < -0.39 is 15.9 Å². The molecule has 3 aromatic rings. The van der Waals surface area contributed by atoms with Crippen LogP contribution in [0.15, 0.2) is 46.3 Å². The topological polar surface area (TPSA) is 90.2 Å². The molecular formula is C25H33N3O5S2. The number of carbonyl (C=O) groups is 1. The van der Waals surface area contributed by atoms with E-state index in [4.69, 9.17) is 9.47 Å². The molecule has 0 N–H and O–H groups in total. The number of ether oxygens (including phenoxy) is 2. The Morgan fingerprint density at radius 1 is 0.971 bits per heavy atom. The summed E-state index contributed by atoms with van der Waals surface area (Å²) < 4.78 is 41.3. The molecule has 0 aliphatic rings. The number of benzene rings is 2. The van der Waals surface area contributed by atoms with Gasteiger partial charge >= 0.3 is 0 Å². The molecule has 0 unspecified atom stereocenters. The normalized spacial score (nSPS) is 12.5. The summed E-state index contributed by atoms with van der Waals surface area (Å²) in [4.78, 5) is 18.1. The highest BCUT2D eigenvalue weighted by molar-refractivity contribution is 7.89. The van der Waals surface area contributed by atoms with E-state index in [9.17, 15) is 13.2 Å². The summed E-state index contributed by atoms with van der Waals surface area (Å²) in [5.41, 5.74) is 1.24. The van der Waals surface area contributed by atoms with Gasteiger partial charge in [-0.1, -0.05) is 32.1 Å². The number of hydrogen-bond donors (Lipinski definition) is 0. The third-order valence-electron chi connectivity index (χ3n) is 5.52. The number of rotatable bonds is 11. The van der Waals surface area contributed by atoms with Gasteiger partial charge in [0.2, 0.25) is 10.0 Å². The van der Waals surface area contributed by atoms with Crippen LogP contribution in [0.5, 0.6) is 11.5 Å². The van der Waals surface area contributed by atoms with Crippen molar-refractivity contribution in [3.8, 4) is 11.5 Å². The van der Waals surface area contributed by atoms with Crippen molar-refractivity contribution in [2.45, 2.75) is 51.5 Å². The molecule has 0 saturated heterocycles. The lowest BCUT2D eigenvalue weighted by Crippen LogP contribution is -2.32. The van der Waals surface area contributed by atoms with E-state index in [2.05, 4.69) is 11.9 Å². The second-order valence-electron chi connectivity index (χ2n) is 8.06. The van der Waals surface area contributed by atoms with Crippen molar-refractivity contribution in [2.24, 2.45) is 4.99 Å². The van der Waals surface area contributed by atoms with Gasteiger partial charge in [0.15, 0.2) is 16.3 Å². The molecule has 0 aliphatic carbocycles. The third-order valence-corrected chi connectivity index (χ3v) is 8.47. The van der Waals surface area contributed by atoms with Crippen LogP contribution in [-0.2, 0) is 16.6 Å². The predicted octanol–water partition coefficient (Wildman–Crippen LogP) is 4.68. The summed E-state index contributed by atoms with van der Waals surface area (Å²) in [6.45, 7) is 7.57. The van der Waals surface area contributed by atoms with Gasteiger partial charge in [-0.15, -0.1) is 0 Å². The molecule has 2 aromatic carbocycles. The van der Waals surface area contributed by atoms with E-state index >= 15 is 0 Å². The third kappa shape index (κ3) is 5.76. The first kappa shape index (κ1) is 26.9. The van der Waals surface area contributed by atoms with Gasteiger partial charge in [0, 0.05) is 37.3 Å². The maximum absolute atomic E-state index is 13.0. The lowest BCUT2D eigenvalue weighted by molar-refractivity contribution is 0.0997. The van der Waals surface area contributed by atoms with Crippen LogP contribution in [0.4, 0.5) is 0 Å². The number of amides is 1. The highest BCUT2D eigenvalue weighted by atomic mass is 32.2. The summed E-state index contributed by atoms with van der Waals surface area (Å²) in [5.74, 6) is 0.792. The number of hydrogen-bond acceptors (Lipinski definition) is 6. The molecule has 1 heterocycles. The van der Waals surface area contributed by atoms with E-state index in [0.29, 0.717) is 41.5 Å². The van der Waals surface area contributed by atoms with Gasteiger partial charge in [0.1, 0.15) is 0 Å². The standard InChI is InChI=1S/C25H33N3O5S2/c1-6-13-27(14-7-2)35(30,31)19-11-9-18(10-12-19)24(29)26-25-28(15-8-3)20-16-21(32-4)22(33-5)17-23(20)34-25/h9-12,16-17H,6-8,13-15H2,1-5H3. The largest absolute Gasteiger partial charge is 0.493 e. The van der Waals surface area contributed by atoms with Gasteiger partial charge in [-0.2, -0.15) is 9.30 Å². The molecular weight excluding hydrogens is 486 g/mol. The number of thiazole rings is 1. The first-order valence-corrected chi connectivity index (χ1v) is 14.0. The molecule has 3 rings (SSSR count). The van der Waals surface area contributed by atoms with Crippen LogP contribution in [0.1, 0.15) is 50.4 Å². The monoisotopic (exact) mass is 519 g/mol. The summed E-state index contributed by atoms with van der Waals surface area (Å²) in [7, 11) is -0.437. The number of sulfonamides is 1.